The first-order valence-corrected chi connectivity index (χ1v) is 8.34. The van der Waals surface area contributed by atoms with E-state index in [9.17, 15) is 20.4 Å². The Morgan fingerprint density at radius 1 is 1.04 bits per heavy atom. The molecule has 6 heteroatoms. The molecule has 0 aliphatic carbocycles. The monoisotopic (exact) mass is 346 g/mol. The van der Waals surface area contributed by atoms with Crippen LogP contribution in [-0.2, 0) is 11.2 Å². The molecule has 0 unspecified atom stereocenters. The standard InChI is InChI=1S/C19H22O6/c1-2-3-6-24-18-10-13-15(22)8-12(20)9-17(13)25-19(18)11-4-5-14(21)16(23)7-11/h4-5,7-9,18-23H,2-3,6,10H2,1H3/t18-,19+/m0/s1. The molecule has 0 saturated heterocycles. The fourth-order valence-corrected chi connectivity index (χ4v) is 2.97. The summed E-state index contributed by atoms with van der Waals surface area (Å²) in [5, 5.41) is 39.1. The summed E-state index contributed by atoms with van der Waals surface area (Å²) in [7, 11) is 0. The highest BCUT2D eigenvalue weighted by Crippen LogP contribution is 2.43. The summed E-state index contributed by atoms with van der Waals surface area (Å²) in [6, 6.07) is 7.21. The number of hydrogen-bond acceptors (Lipinski definition) is 6. The number of benzene rings is 2. The van der Waals surface area contributed by atoms with Crippen LogP contribution in [0.4, 0.5) is 0 Å². The molecule has 2 aromatic rings. The normalized spacial score (nSPS) is 19.2. The van der Waals surface area contributed by atoms with Crippen LogP contribution < -0.4 is 4.74 Å². The minimum Gasteiger partial charge on any atom is -0.508 e. The minimum atomic E-state index is -0.531. The molecule has 25 heavy (non-hydrogen) atoms. The fourth-order valence-electron chi connectivity index (χ4n) is 2.97. The van der Waals surface area contributed by atoms with Crippen molar-refractivity contribution in [2.45, 2.75) is 38.4 Å². The first-order chi connectivity index (χ1) is 12.0. The number of aromatic hydroxyl groups is 4. The largest absolute Gasteiger partial charge is 0.508 e. The molecular weight excluding hydrogens is 324 g/mol. The molecule has 0 amide bonds. The molecule has 134 valence electrons. The first-order valence-electron chi connectivity index (χ1n) is 8.34. The highest BCUT2D eigenvalue weighted by Gasteiger charge is 2.34. The zero-order chi connectivity index (χ0) is 18.0. The third-order valence-electron chi connectivity index (χ3n) is 4.32. The van der Waals surface area contributed by atoms with E-state index in [4.69, 9.17) is 9.47 Å². The summed E-state index contributed by atoms with van der Waals surface area (Å²) < 4.78 is 11.9. The van der Waals surface area contributed by atoms with Gasteiger partial charge in [-0.1, -0.05) is 19.4 Å². The average molecular weight is 346 g/mol. The highest BCUT2D eigenvalue weighted by molar-refractivity contribution is 5.52. The van der Waals surface area contributed by atoms with Crippen molar-refractivity contribution in [3.63, 3.8) is 0 Å². The van der Waals surface area contributed by atoms with E-state index in [1.807, 2.05) is 0 Å². The van der Waals surface area contributed by atoms with Gasteiger partial charge in [-0.05, 0) is 24.1 Å². The van der Waals surface area contributed by atoms with Gasteiger partial charge in [0, 0.05) is 30.7 Å². The number of fused-ring (bicyclic) bond motifs is 1. The van der Waals surface area contributed by atoms with Crippen molar-refractivity contribution < 1.29 is 29.9 Å². The fraction of sp³-hybridized carbons (Fsp3) is 0.368. The van der Waals surface area contributed by atoms with E-state index in [0.29, 0.717) is 29.9 Å². The van der Waals surface area contributed by atoms with Gasteiger partial charge in [-0.25, -0.2) is 0 Å². The number of phenols is 4. The van der Waals surface area contributed by atoms with Gasteiger partial charge in [0.05, 0.1) is 0 Å². The second kappa shape index (κ2) is 7.11. The first kappa shape index (κ1) is 17.2. The third-order valence-corrected chi connectivity index (χ3v) is 4.32. The van der Waals surface area contributed by atoms with E-state index in [1.54, 1.807) is 6.07 Å². The maximum Gasteiger partial charge on any atom is 0.157 e. The van der Waals surface area contributed by atoms with Gasteiger partial charge in [-0.2, -0.15) is 0 Å². The molecule has 2 aromatic carbocycles. The van der Waals surface area contributed by atoms with Crippen LogP contribution in [0.25, 0.3) is 0 Å². The molecule has 0 radical (unpaired) electrons. The van der Waals surface area contributed by atoms with Crippen molar-refractivity contribution >= 4 is 0 Å². The highest BCUT2D eigenvalue weighted by atomic mass is 16.5. The van der Waals surface area contributed by atoms with Crippen molar-refractivity contribution in [2.24, 2.45) is 0 Å². The van der Waals surface area contributed by atoms with Crippen LogP contribution in [0.2, 0.25) is 0 Å². The van der Waals surface area contributed by atoms with Crippen LogP contribution in [-0.4, -0.2) is 33.1 Å². The van der Waals surface area contributed by atoms with Crippen LogP contribution in [0.5, 0.6) is 28.7 Å². The van der Waals surface area contributed by atoms with Gasteiger partial charge in [0.2, 0.25) is 0 Å². The van der Waals surface area contributed by atoms with Gasteiger partial charge >= 0.3 is 0 Å². The molecule has 6 nitrogen and oxygen atoms in total. The summed E-state index contributed by atoms with van der Waals surface area (Å²) in [6.45, 7) is 2.62. The lowest BCUT2D eigenvalue weighted by molar-refractivity contribution is -0.0390. The van der Waals surface area contributed by atoms with Crippen molar-refractivity contribution in [1.29, 1.82) is 0 Å². The molecule has 0 saturated carbocycles. The Morgan fingerprint density at radius 2 is 1.84 bits per heavy atom. The summed E-state index contributed by atoms with van der Waals surface area (Å²) in [4.78, 5) is 0. The average Bonchev–Trinajstić information content (AvgIpc) is 2.57. The van der Waals surface area contributed by atoms with Crippen molar-refractivity contribution in [1.82, 2.24) is 0 Å². The molecule has 0 aromatic heterocycles. The number of ether oxygens (including phenoxy) is 2. The van der Waals surface area contributed by atoms with Gasteiger partial charge in [0.15, 0.2) is 17.6 Å². The maximum atomic E-state index is 10.1. The van der Waals surface area contributed by atoms with E-state index < -0.39 is 6.10 Å². The van der Waals surface area contributed by atoms with Crippen molar-refractivity contribution in [2.75, 3.05) is 6.61 Å². The molecule has 1 aliphatic rings. The Balaban J connectivity index is 1.95. The lowest BCUT2D eigenvalue weighted by atomic mass is 9.93. The van der Waals surface area contributed by atoms with Crippen LogP contribution in [0.15, 0.2) is 30.3 Å². The molecular formula is C19H22O6. The van der Waals surface area contributed by atoms with Gasteiger partial charge in [-0.15, -0.1) is 0 Å². The van der Waals surface area contributed by atoms with Gasteiger partial charge < -0.3 is 29.9 Å². The lowest BCUT2D eigenvalue weighted by Gasteiger charge is -2.34. The Kier molecular flexibility index (Phi) is 4.90. The summed E-state index contributed by atoms with van der Waals surface area (Å²) in [5.74, 6) is -0.193. The summed E-state index contributed by atoms with van der Waals surface area (Å²) in [6.07, 6.45) is 1.42. The zero-order valence-electron chi connectivity index (χ0n) is 14.0. The number of unbranched alkanes of at least 4 members (excludes halogenated alkanes) is 1. The van der Waals surface area contributed by atoms with Crippen LogP contribution >= 0.6 is 0 Å². The van der Waals surface area contributed by atoms with E-state index in [2.05, 4.69) is 6.92 Å². The SMILES string of the molecule is CCCCO[C@H]1Cc2c(O)cc(O)cc2O[C@@H]1c1ccc(O)c(O)c1. The number of hydrogen-bond donors (Lipinski definition) is 4. The van der Waals surface area contributed by atoms with E-state index in [-0.39, 0.29) is 29.1 Å². The Labute approximate surface area is 145 Å². The zero-order valence-corrected chi connectivity index (χ0v) is 14.0. The van der Waals surface area contributed by atoms with Crippen molar-refractivity contribution in [3.05, 3.63) is 41.5 Å². The second-order valence-corrected chi connectivity index (χ2v) is 6.20. The van der Waals surface area contributed by atoms with Gasteiger partial charge in [-0.3, -0.25) is 0 Å². The molecule has 1 aliphatic heterocycles. The quantitative estimate of drug-likeness (QED) is 0.489. The number of phenolic OH excluding ortho intramolecular Hbond substituents is 4. The molecule has 4 N–H and O–H groups in total. The topological polar surface area (TPSA) is 99.4 Å². The lowest BCUT2D eigenvalue weighted by Crippen LogP contribution is -2.33. The third kappa shape index (κ3) is 3.58. The summed E-state index contributed by atoms with van der Waals surface area (Å²) >= 11 is 0. The predicted octanol–water partition coefficient (Wildman–Crippen LogP) is 3.37. The van der Waals surface area contributed by atoms with E-state index >= 15 is 0 Å². The Morgan fingerprint density at radius 3 is 2.56 bits per heavy atom. The molecule has 0 spiro atoms. The van der Waals surface area contributed by atoms with Crippen molar-refractivity contribution in [3.8, 4) is 28.7 Å². The summed E-state index contributed by atoms with van der Waals surface area (Å²) in [5.41, 5.74) is 1.23. The number of rotatable bonds is 5. The molecule has 0 fully saturated rings. The van der Waals surface area contributed by atoms with Crippen LogP contribution in [0.1, 0.15) is 37.0 Å². The molecule has 1 heterocycles. The van der Waals surface area contributed by atoms with Crippen LogP contribution in [0.3, 0.4) is 0 Å². The smallest absolute Gasteiger partial charge is 0.157 e. The Hall–Kier alpha value is -2.60. The van der Waals surface area contributed by atoms with E-state index in [0.717, 1.165) is 12.8 Å². The van der Waals surface area contributed by atoms with Gasteiger partial charge in [0.25, 0.3) is 0 Å². The maximum absolute atomic E-state index is 10.1. The second-order valence-electron chi connectivity index (χ2n) is 6.20. The Bertz CT molecular complexity index is 758. The molecule has 3 rings (SSSR count). The van der Waals surface area contributed by atoms with E-state index in [1.165, 1.54) is 24.3 Å². The molecule has 0 bridgehead atoms. The van der Waals surface area contributed by atoms with Crippen LogP contribution in [0, 0.1) is 0 Å². The minimum absolute atomic E-state index is 0.0360. The molecule has 2 atom stereocenters. The predicted molar refractivity (Wildman–Crippen MR) is 91.3 cm³/mol. The van der Waals surface area contributed by atoms with Gasteiger partial charge in [0.1, 0.15) is 23.4 Å².